The lowest BCUT2D eigenvalue weighted by atomic mass is 9.82. The first-order chi connectivity index (χ1) is 13.7. The molecular formula is C21H24N6O. The highest BCUT2D eigenvalue weighted by molar-refractivity contribution is 5.93. The van der Waals surface area contributed by atoms with Crippen molar-refractivity contribution < 1.29 is 4.74 Å². The molecule has 28 heavy (non-hydrogen) atoms. The molecule has 4 rings (SSSR count). The van der Waals surface area contributed by atoms with E-state index in [2.05, 4.69) is 32.7 Å². The van der Waals surface area contributed by atoms with Crippen LogP contribution in [0.4, 0.5) is 11.6 Å². The number of pyridine rings is 2. The van der Waals surface area contributed by atoms with E-state index in [1.807, 2.05) is 6.07 Å². The third kappa shape index (κ3) is 3.85. The SMILES string of the molecule is N#Cc1cc2cnc(NC3CCCC3)cc2c(NCC2(C#N)CCOCC2)n1. The lowest BCUT2D eigenvalue weighted by Gasteiger charge is -2.31. The second kappa shape index (κ2) is 8.00. The number of nitrogens with zero attached hydrogens (tertiary/aromatic N) is 4. The normalized spacial score (nSPS) is 19.1. The minimum absolute atomic E-state index is 0.339. The maximum Gasteiger partial charge on any atom is 0.143 e. The minimum Gasteiger partial charge on any atom is -0.381 e. The van der Waals surface area contributed by atoms with Gasteiger partial charge in [-0.15, -0.1) is 0 Å². The highest BCUT2D eigenvalue weighted by Gasteiger charge is 2.32. The average molecular weight is 376 g/mol. The molecule has 0 unspecified atom stereocenters. The summed E-state index contributed by atoms with van der Waals surface area (Å²) in [6.07, 6.45) is 8.03. The van der Waals surface area contributed by atoms with Gasteiger partial charge in [0.1, 0.15) is 23.4 Å². The van der Waals surface area contributed by atoms with Crippen molar-refractivity contribution in [3.05, 3.63) is 24.0 Å². The molecule has 1 saturated carbocycles. The molecule has 0 aromatic carbocycles. The average Bonchev–Trinajstić information content (AvgIpc) is 3.25. The van der Waals surface area contributed by atoms with Gasteiger partial charge in [0, 0.05) is 42.8 Å². The topological polar surface area (TPSA) is 107 Å². The van der Waals surface area contributed by atoms with Crippen LogP contribution < -0.4 is 10.6 Å². The number of anilines is 2. The van der Waals surface area contributed by atoms with Gasteiger partial charge in [0.25, 0.3) is 0 Å². The molecule has 1 aliphatic carbocycles. The van der Waals surface area contributed by atoms with Crippen LogP contribution in [-0.2, 0) is 4.74 Å². The molecule has 2 aromatic rings. The maximum absolute atomic E-state index is 9.70. The van der Waals surface area contributed by atoms with E-state index in [-0.39, 0.29) is 0 Å². The number of hydrogen-bond acceptors (Lipinski definition) is 7. The summed E-state index contributed by atoms with van der Waals surface area (Å²) in [4.78, 5) is 9.00. The molecule has 144 valence electrons. The maximum atomic E-state index is 9.70. The molecule has 1 aliphatic heterocycles. The Kier molecular flexibility index (Phi) is 5.27. The van der Waals surface area contributed by atoms with Crippen LogP contribution in [0.5, 0.6) is 0 Å². The summed E-state index contributed by atoms with van der Waals surface area (Å²) in [6, 6.07) is 8.79. The lowest BCUT2D eigenvalue weighted by molar-refractivity contribution is 0.0456. The van der Waals surface area contributed by atoms with Crippen molar-refractivity contribution in [2.24, 2.45) is 5.41 Å². The zero-order valence-electron chi connectivity index (χ0n) is 15.9. The lowest BCUT2D eigenvalue weighted by Crippen LogP contribution is -2.35. The summed E-state index contributed by atoms with van der Waals surface area (Å²) in [5.74, 6) is 1.46. The van der Waals surface area contributed by atoms with E-state index >= 15 is 0 Å². The predicted octanol–water partition coefficient (Wildman–Crippen LogP) is 3.59. The number of nitrogens with one attached hydrogen (secondary N) is 2. The first-order valence-corrected chi connectivity index (χ1v) is 9.92. The van der Waals surface area contributed by atoms with E-state index in [1.165, 1.54) is 25.7 Å². The summed E-state index contributed by atoms with van der Waals surface area (Å²) in [6.45, 7) is 1.68. The second-order valence-corrected chi connectivity index (χ2v) is 7.74. The number of fused-ring (bicyclic) bond motifs is 1. The Morgan fingerprint density at radius 2 is 1.96 bits per heavy atom. The molecule has 2 aliphatic rings. The van der Waals surface area contributed by atoms with Crippen molar-refractivity contribution in [3.63, 3.8) is 0 Å². The van der Waals surface area contributed by atoms with Crippen molar-refractivity contribution in [3.8, 4) is 12.1 Å². The van der Waals surface area contributed by atoms with Gasteiger partial charge in [-0.1, -0.05) is 12.8 Å². The largest absolute Gasteiger partial charge is 0.381 e. The van der Waals surface area contributed by atoms with Crippen LogP contribution in [0.2, 0.25) is 0 Å². The second-order valence-electron chi connectivity index (χ2n) is 7.74. The van der Waals surface area contributed by atoms with Crippen LogP contribution in [-0.4, -0.2) is 35.8 Å². The Balaban J connectivity index is 1.62. The standard InChI is InChI=1S/C21H24N6O/c22-11-17-9-15-12-24-19(26-16-3-1-2-4-16)10-18(15)20(27-17)25-14-21(13-23)5-7-28-8-6-21/h9-10,12,16H,1-8,14H2,(H,24,26)(H,25,27). The smallest absolute Gasteiger partial charge is 0.143 e. The van der Waals surface area contributed by atoms with Gasteiger partial charge in [-0.25, -0.2) is 9.97 Å². The number of ether oxygens (including phenoxy) is 1. The molecule has 2 fully saturated rings. The summed E-state index contributed by atoms with van der Waals surface area (Å²) >= 11 is 0. The zero-order valence-corrected chi connectivity index (χ0v) is 15.9. The van der Waals surface area contributed by atoms with E-state index in [0.717, 1.165) is 16.6 Å². The Morgan fingerprint density at radius 1 is 1.18 bits per heavy atom. The molecule has 2 aromatic heterocycles. The van der Waals surface area contributed by atoms with E-state index in [0.29, 0.717) is 50.2 Å². The third-order valence-corrected chi connectivity index (χ3v) is 5.82. The van der Waals surface area contributed by atoms with Gasteiger partial charge in [0.2, 0.25) is 0 Å². The van der Waals surface area contributed by atoms with E-state index in [1.54, 1.807) is 12.3 Å². The highest BCUT2D eigenvalue weighted by atomic mass is 16.5. The van der Waals surface area contributed by atoms with Crippen molar-refractivity contribution in [1.29, 1.82) is 10.5 Å². The Bertz CT molecular complexity index is 932. The fraction of sp³-hybridized carbons (Fsp3) is 0.524. The van der Waals surface area contributed by atoms with Gasteiger partial charge in [0.05, 0.1) is 11.5 Å². The molecule has 7 heteroatoms. The van der Waals surface area contributed by atoms with E-state index in [9.17, 15) is 10.5 Å². The summed E-state index contributed by atoms with van der Waals surface area (Å²) in [5, 5.41) is 27.7. The monoisotopic (exact) mass is 376 g/mol. The Morgan fingerprint density at radius 3 is 2.68 bits per heavy atom. The fourth-order valence-electron chi connectivity index (χ4n) is 4.04. The van der Waals surface area contributed by atoms with Crippen LogP contribution in [0.25, 0.3) is 10.8 Å². The molecule has 0 spiro atoms. The van der Waals surface area contributed by atoms with Crippen LogP contribution in [0.1, 0.15) is 44.2 Å². The quantitative estimate of drug-likeness (QED) is 0.821. The van der Waals surface area contributed by atoms with Crippen LogP contribution in [0, 0.1) is 28.1 Å². The van der Waals surface area contributed by atoms with E-state index in [4.69, 9.17) is 4.74 Å². The highest BCUT2D eigenvalue weighted by Crippen LogP contribution is 2.32. The number of aromatic nitrogens is 2. The van der Waals surface area contributed by atoms with Crippen LogP contribution in [0.15, 0.2) is 18.3 Å². The molecule has 7 nitrogen and oxygen atoms in total. The molecule has 0 atom stereocenters. The molecule has 0 amide bonds. The first kappa shape index (κ1) is 18.5. The van der Waals surface area contributed by atoms with Gasteiger partial charge >= 0.3 is 0 Å². The summed E-state index contributed by atoms with van der Waals surface area (Å²) < 4.78 is 5.41. The molecule has 1 saturated heterocycles. The summed E-state index contributed by atoms with van der Waals surface area (Å²) in [5.41, 5.74) is -0.126. The fourth-order valence-corrected chi connectivity index (χ4v) is 4.04. The van der Waals surface area contributed by atoms with Gasteiger partial charge in [-0.2, -0.15) is 10.5 Å². The number of rotatable bonds is 5. The van der Waals surface area contributed by atoms with Gasteiger partial charge < -0.3 is 15.4 Å². The zero-order chi connectivity index (χ0) is 19.4. The van der Waals surface area contributed by atoms with Crippen LogP contribution in [0.3, 0.4) is 0 Å². The first-order valence-electron chi connectivity index (χ1n) is 9.92. The van der Waals surface area contributed by atoms with Gasteiger partial charge in [0.15, 0.2) is 0 Å². The molecule has 0 radical (unpaired) electrons. The number of nitriles is 2. The number of hydrogen-bond donors (Lipinski definition) is 2. The van der Waals surface area contributed by atoms with Crippen molar-refractivity contribution >= 4 is 22.4 Å². The molecular weight excluding hydrogens is 352 g/mol. The van der Waals surface area contributed by atoms with E-state index < -0.39 is 5.41 Å². The van der Waals surface area contributed by atoms with Gasteiger partial charge in [-0.3, -0.25) is 0 Å². The molecule has 3 heterocycles. The van der Waals surface area contributed by atoms with Gasteiger partial charge in [-0.05, 0) is 37.8 Å². The van der Waals surface area contributed by atoms with Crippen molar-refractivity contribution in [2.75, 3.05) is 30.4 Å². The van der Waals surface area contributed by atoms with Crippen LogP contribution >= 0.6 is 0 Å². The van der Waals surface area contributed by atoms with Crippen molar-refractivity contribution in [2.45, 2.75) is 44.6 Å². The molecule has 2 N–H and O–H groups in total. The third-order valence-electron chi connectivity index (χ3n) is 5.82. The predicted molar refractivity (Wildman–Crippen MR) is 107 cm³/mol. The summed E-state index contributed by atoms with van der Waals surface area (Å²) in [7, 11) is 0. The Labute approximate surface area is 164 Å². The minimum atomic E-state index is -0.465. The van der Waals surface area contributed by atoms with Crippen molar-refractivity contribution in [1.82, 2.24) is 9.97 Å². The molecule has 0 bridgehead atoms. The Hall–Kier alpha value is -2.90.